The highest BCUT2D eigenvalue weighted by atomic mass is 32.2. The van der Waals surface area contributed by atoms with Crippen LogP contribution in [0.25, 0.3) is 11.0 Å². The molecule has 1 fully saturated rings. The molecule has 4 rings (SSSR count). The molecule has 278 valence electrons. The Morgan fingerprint density at radius 3 is 2.47 bits per heavy atom. The Bertz CT molecular complexity index is 1660. The number of aromatic nitrogens is 3. The molecule has 1 aromatic carbocycles. The molecule has 2 amide bonds. The number of carboxylic acid groups (broad SMARTS) is 2. The number of anilines is 2. The number of benzene rings is 1. The second-order valence-corrected chi connectivity index (χ2v) is 13.7. The summed E-state index contributed by atoms with van der Waals surface area (Å²) in [7, 11) is 1.66. The van der Waals surface area contributed by atoms with Gasteiger partial charge in [0, 0.05) is 76.2 Å². The van der Waals surface area contributed by atoms with Crippen LogP contribution in [-0.2, 0) is 32.3 Å². The third-order valence-corrected chi connectivity index (χ3v) is 9.95. The number of nitrogens with zero attached hydrogens (tertiary/aromatic N) is 5. The molecular weight excluding hydrogens is 678 g/mol. The van der Waals surface area contributed by atoms with E-state index in [4.69, 9.17) is 21.3 Å². The minimum atomic E-state index is -1.24. The number of methoxy groups -OCH3 is 1. The highest BCUT2D eigenvalue weighted by Crippen LogP contribution is 2.28. The van der Waals surface area contributed by atoms with Crippen LogP contribution in [0.2, 0.25) is 0 Å². The van der Waals surface area contributed by atoms with Crippen LogP contribution in [0.4, 0.5) is 11.8 Å². The second kappa shape index (κ2) is 19.1. The van der Waals surface area contributed by atoms with Crippen LogP contribution in [0.3, 0.4) is 0 Å². The Hall–Kier alpha value is -4.61. The molecule has 16 nitrogen and oxygen atoms in total. The van der Waals surface area contributed by atoms with E-state index in [1.54, 1.807) is 12.0 Å². The molecule has 0 aliphatic carbocycles. The van der Waals surface area contributed by atoms with Crippen molar-refractivity contribution in [2.45, 2.75) is 63.4 Å². The molecule has 3 aromatic rings. The van der Waals surface area contributed by atoms with Gasteiger partial charge in [0.1, 0.15) is 22.6 Å². The predicted octanol–water partition coefficient (Wildman–Crippen LogP) is 1.81. The lowest BCUT2D eigenvalue weighted by Crippen LogP contribution is -2.48. The third-order valence-electron chi connectivity index (χ3n) is 8.63. The van der Waals surface area contributed by atoms with Crippen LogP contribution in [0, 0.1) is 0 Å². The van der Waals surface area contributed by atoms with Crippen molar-refractivity contribution in [3.05, 3.63) is 41.6 Å². The first-order valence-corrected chi connectivity index (χ1v) is 18.2. The molecular formula is C34H49N9O7S. The van der Waals surface area contributed by atoms with Crippen molar-refractivity contribution >= 4 is 58.3 Å². The van der Waals surface area contributed by atoms with E-state index >= 15 is 0 Å². The van der Waals surface area contributed by atoms with Crippen LogP contribution >= 0.6 is 11.8 Å². The number of amides is 2. The van der Waals surface area contributed by atoms with Crippen LogP contribution in [0.5, 0.6) is 5.75 Å². The molecule has 0 spiro atoms. The Balaban J connectivity index is 1.25. The number of aliphatic carboxylic acids is 2. The van der Waals surface area contributed by atoms with Gasteiger partial charge in [0.15, 0.2) is 5.82 Å². The summed E-state index contributed by atoms with van der Waals surface area (Å²) in [4.78, 5) is 60.4. The molecule has 0 radical (unpaired) electrons. The van der Waals surface area contributed by atoms with Gasteiger partial charge in [-0.2, -0.15) is 4.98 Å². The zero-order valence-electron chi connectivity index (χ0n) is 29.2. The van der Waals surface area contributed by atoms with Crippen molar-refractivity contribution in [2.24, 2.45) is 5.73 Å². The number of hydrogen-bond acceptors (Lipinski definition) is 12. The Morgan fingerprint density at radius 2 is 1.78 bits per heavy atom. The third kappa shape index (κ3) is 11.5. The summed E-state index contributed by atoms with van der Waals surface area (Å²) in [6, 6.07) is 6.93. The highest BCUT2D eigenvalue weighted by molar-refractivity contribution is 8.00. The quantitative estimate of drug-likeness (QED) is 0.0912. The minimum absolute atomic E-state index is 0.0757. The van der Waals surface area contributed by atoms with E-state index < -0.39 is 29.1 Å². The van der Waals surface area contributed by atoms with Crippen molar-refractivity contribution in [1.29, 1.82) is 0 Å². The molecule has 8 N–H and O–H groups in total. The summed E-state index contributed by atoms with van der Waals surface area (Å²) in [5.74, 6) is -1.51. The standard InChI is InChI=1S/C34H49N9O7S/c1-3-4-5-10-38-31-30-25(39-34(36)40-31)9-12-43(30)20-23-7-6-22(17-26(23)50-2)19-41-13-15-42(16-14-41)29(45)8-11-37-28(44)18-27(33(48)49)51-21-24(35)32(46)47/h6-7,9,12,17,24,27H,3-5,8,10-11,13-16,18-21,35H2,1-2H3,(H,37,44)(H,46,47)(H,48,49)(H3,36,38,39,40)/t24-,27?/m0/s1. The van der Waals surface area contributed by atoms with Crippen molar-refractivity contribution in [1.82, 2.24) is 29.7 Å². The van der Waals surface area contributed by atoms with E-state index in [1.807, 2.05) is 18.3 Å². The van der Waals surface area contributed by atoms with Gasteiger partial charge in [-0.3, -0.25) is 24.1 Å². The molecule has 1 unspecified atom stereocenters. The number of carbonyl (C=O) groups is 4. The largest absolute Gasteiger partial charge is 0.496 e. The van der Waals surface area contributed by atoms with Gasteiger partial charge in [-0.05, 0) is 24.1 Å². The minimum Gasteiger partial charge on any atom is -0.496 e. The van der Waals surface area contributed by atoms with Gasteiger partial charge in [-0.15, -0.1) is 11.8 Å². The first-order chi connectivity index (χ1) is 24.5. The zero-order valence-corrected chi connectivity index (χ0v) is 30.0. The number of thioether (sulfide) groups is 1. The maximum absolute atomic E-state index is 12.8. The lowest BCUT2D eigenvalue weighted by molar-refractivity contribution is -0.139. The van der Waals surface area contributed by atoms with Gasteiger partial charge in [-0.1, -0.05) is 31.9 Å². The number of rotatable bonds is 20. The molecule has 51 heavy (non-hydrogen) atoms. The molecule has 2 atom stereocenters. The Kier molecular flexibility index (Phi) is 14.7. The number of nitrogens with one attached hydrogen (secondary N) is 2. The van der Waals surface area contributed by atoms with Gasteiger partial charge >= 0.3 is 11.9 Å². The maximum Gasteiger partial charge on any atom is 0.321 e. The second-order valence-electron chi connectivity index (χ2n) is 12.5. The maximum atomic E-state index is 12.8. The summed E-state index contributed by atoms with van der Waals surface area (Å²) in [6.45, 7) is 6.77. The number of hydrogen-bond donors (Lipinski definition) is 6. The molecule has 1 aliphatic rings. The molecule has 1 saturated heterocycles. The van der Waals surface area contributed by atoms with E-state index in [2.05, 4.69) is 49.1 Å². The van der Waals surface area contributed by atoms with E-state index in [0.717, 1.165) is 71.3 Å². The van der Waals surface area contributed by atoms with E-state index in [1.165, 1.54) is 0 Å². The van der Waals surface area contributed by atoms with Gasteiger partial charge in [0.25, 0.3) is 0 Å². The zero-order chi connectivity index (χ0) is 36.9. The SMILES string of the molecule is CCCCCNc1nc(N)nc2ccn(Cc3ccc(CN4CCN(C(=O)CCNC(=O)CC(SC[C@H](N)C(=O)O)C(=O)O)CC4)cc3OC)c12. The molecule has 17 heteroatoms. The highest BCUT2D eigenvalue weighted by Gasteiger charge is 2.25. The average molecular weight is 728 g/mol. The number of fused-ring (bicyclic) bond motifs is 1. The molecule has 0 bridgehead atoms. The van der Waals surface area contributed by atoms with E-state index in [0.29, 0.717) is 39.3 Å². The van der Waals surface area contributed by atoms with Gasteiger partial charge in [0.05, 0.1) is 19.2 Å². The van der Waals surface area contributed by atoms with Crippen molar-refractivity contribution in [3.63, 3.8) is 0 Å². The van der Waals surface area contributed by atoms with Gasteiger partial charge in [0.2, 0.25) is 17.8 Å². The number of unbranched alkanes of at least 4 members (excludes halogenated alkanes) is 2. The number of carbonyl (C=O) groups excluding carboxylic acids is 2. The fraction of sp³-hybridized carbons (Fsp3) is 0.529. The monoisotopic (exact) mass is 727 g/mol. The van der Waals surface area contributed by atoms with Crippen molar-refractivity contribution in [3.8, 4) is 5.75 Å². The molecule has 2 aromatic heterocycles. The van der Waals surface area contributed by atoms with Crippen LogP contribution in [-0.4, -0.2) is 122 Å². The number of carboxylic acids is 2. The fourth-order valence-electron chi connectivity index (χ4n) is 5.79. The predicted molar refractivity (Wildman–Crippen MR) is 196 cm³/mol. The summed E-state index contributed by atoms with van der Waals surface area (Å²) in [6.07, 6.45) is 5.02. The summed E-state index contributed by atoms with van der Waals surface area (Å²) < 4.78 is 7.91. The van der Waals surface area contributed by atoms with Crippen molar-refractivity contribution < 1.29 is 34.1 Å². The smallest absolute Gasteiger partial charge is 0.321 e. The number of ether oxygens (including phenoxy) is 1. The van der Waals surface area contributed by atoms with E-state index in [9.17, 15) is 24.3 Å². The van der Waals surface area contributed by atoms with Crippen molar-refractivity contribution in [2.75, 3.05) is 63.2 Å². The lowest BCUT2D eigenvalue weighted by atomic mass is 10.1. The lowest BCUT2D eigenvalue weighted by Gasteiger charge is -2.35. The topological polar surface area (TPSA) is 231 Å². The van der Waals surface area contributed by atoms with Gasteiger partial charge in [-0.25, -0.2) is 4.98 Å². The normalized spacial score (nSPS) is 14.6. The average Bonchev–Trinajstić information content (AvgIpc) is 3.51. The number of nitrogens with two attached hydrogens (primary N) is 2. The first kappa shape index (κ1) is 39.2. The Morgan fingerprint density at radius 1 is 1.02 bits per heavy atom. The van der Waals surface area contributed by atoms with Crippen LogP contribution in [0.15, 0.2) is 30.5 Å². The number of nitrogen functional groups attached to an aromatic ring is 1. The molecule has 3 heterocycles. The Labute approximate surface area is 301 Å². The fourth-order valence-corrected chi connectivity index (χ4v) is 6.79. The summed E-state index contributed by atoms with van der Waals surface area (Å²) >= 11 is 0.801. The first-order valence-electron chi connectivity index (χ1n) is 17.1. The number of piperazine rings is 1. The van der Waals surface area contributed by atoms with Gasteiger partial charge < -0.3 is 46.5 Å². The summed E-state index contributed by atoms with van der Waals surface area (Å²) in [5.41, 5.74) is 15.2. The van der Waals surface area contributed by atoms with Crippen LogP contribution < -0.4 is 26.8 Å². The summed E-state index contributed by atoms with van der Waals surface area (Å²) in [5, 5.41) is 23.1. The van der Waals surface area contributed by atoms with Crippen LogP contribution in [0.1, 0.15) is 50.2 Å². The molecule has 1 aliphatic heterocycles. The molecule has 0 saturated carbocycles. The van der Waals surface area contributed by atoms with E-state index in [-0.39, 0.29) is 37.0 Å².